The van der Waals surface area contributed by atoms with Gasteiger partial charge in [-0.25, -0.2) is 4.68 Å². The lowest BCUT2D eigenvalue weighted by molar-refractivity contribution is -0.122. The lowest BCUT2D eigenvalue weighted by Crippen LogP contribution is -2.36. The van der Waals surface area contributed by atoms with Gasteiger partial charge < -0.3 is 10.4 Å². The van der Waals surface area contributed by atoms with Crippen molar-refractivity contribution in [3.8, 4) is 0 Å². The van der Waals surface area contributed by atoms with Gasteiger partial charge in [-0.05, 0) is 22.3 Å². The van der Waals surface area contributed by atoms with Crippen molar-refractivity contribution in [2.45, 2.75) is 46.6 Å². The first-order valence-corrected chi connectivity index (χ1v) is 6.49. The van der Waals surface area contributed by atoms with Crippen LogP contribution in [0.4, 0.5) is 0 Å². The van der Waals surface area contributed by atoms with Crippen LogP contribution in [0.25, 0.3) is 0 Å². The van der Waals surface area contributed by atoms with Gasteiger partial charge in [-0.3, -0.25) is 4.79 Å². The molecule has 1 aromatic heterocycles. The number of amides is 1. The van der Waals surface area contributed by atoms with E-state index >= 15 is 0 Å². The lowest BCUT2D eigenvalue weighted by Gasteiger charge is -2.23. The minimum absolute atomic E-state index is 0.118. The Balaban J connectivity index is 2.49. The van der Waals surface area contributed by atoms with Crippen LogP contribution in [0.15, 0.2) is 0 Å². The molecule has 0 radical (unpaired) electrons. The molecule has 108 valence electrons. The molecule has 0 bridgehead atoms. The summed E-state index contributed by atoms with van der Waals surface area (Å²) in [6, 6.07) is 0. The van der Waals surface area contributed by atoms with Gasteiger partial charge in [0.05, 0.1) is 0 Å². The van der Waals surface area contributed by atoms with E-state index in [4.69, 9.17) is 5.11 Å². The maximum absolute atomic E-state index is 11.8. The van der Waals surface area contributed by atoms with E-state index in [-0.39, 0.29) is 30.4 Å². The van der Waals surface area contributed by atoms with Crippen LogP contribution in [0, 0.1) is 5.41 Å². The van der Waals surface area contributed by atoms with E-state index in [1.165, 1.54) is 4.68 Å². The minimum atomic E-state index is -0.125. The second-order valence-corrected chi connectivity index (χ2v) is 5.76. The monoisotopic (exact) mass is 269 g/mol. The third-order valence-electron chi connectivity index (χ3n) is 2.92. The molecule has 19 heavy (non-hydrogen) atoms. The highest BCUT2D eigenvalue weighted by Gasteiger charge is 2.19. The molecule has 0 aromatic carbocycles. The molecule has 0 aliphatic rings. The number of nitrogens with zero attached hydrogens (tertiary/aromatic N) is 4. The Morgan fingerprint density at radius 2 is 2.16 bits per heavy atom. The van der Waals surface area contributed by atoms with Gasteiger partial charge in [0, 0.05) is 19.1 Å². The second-order valence-electron chi connectivity index (χ2n) is 5.76. The van der Waals surface area contributed by atoms with Crippen LogP contribution in [0.2, 0.25) is 0 Å². The molecular weight excluding hydrogens is 246 g/mol. The fraction of sp³-hybridized carbons (Fsp3) is 0.833. The first-order valence-electron chi connectivity index (χ1n) is 6.49. The molecule has 0 spiro atoms. The van der Waals surface area contributed by atoms with E-state index in [9.17, 15) is 4.79 Å². The largest absolute Gasteiger partial charge is 0.396 e. The molecule has 0 saturated heterocycles. The molecule has 1 rings (SSSR count). The number of aliphatic hydroxyl groups is 1. The van der Waals surface area contributed by atoms with Gasteiger partial charge in [-0.1, -0.05) is 27.7 Å². The first kappa shape index (κ1) is 15.6. The predicted octanol–water partition coefficient (Wildman–Crippen LogP) is 0.321. The number of nitrogens with one attached hydrogen (secondary N) is 1. The van der Waals surface area contributed by atoms with Crippen LogP contribution < -0.4 is 5.32 Å². The summed E-state index contributed by atoms with van der Waals surface area (Å²) in [5.41, 5.74) is -0.119. The third-order valence-corrected chi connectivity index (χ3v) is 2.92. The zero-order valence-corrected chi connectivity index (χ0v) is 12.1. The van der Waals surface area contributed by atoms with Crippen molar-refractivity contribution >= 4 is 5.91 Å². The molecular formula is C12H23N5O2. The third kappa shape index (κ3) is 4.94. The fourth-order valence-corrected chi connectivity index (χ4v) is 1.66. The Morgan fingerprint density at radius 1 is 1.47 bits per heavy atom. The number of hydrogen-bond acceptors (Lipinski definition) is 5. The van der Waals surface area contributed by atoms with Crippen molar-refractivity contribution < 1.29 is 9.90 Å². The van der Waals surface area contributed by atoms with Crippen LogP contribution in [-0.2, 0) is 11.3 Å². The summed E-state index contributed by atoms with van der Waals surface area (Å²) in [7, 11) is 0. The average molecular weight is 269 g/mol. The Kier molecular flexibility index (Phi) is 5.41. The zero-order chi connectivity index (χ0) is 14.5. The second kappa shape index (κ2) is 6.60. The quantitative estimate of drug-likeness (QED) is 0.743. The van der Waals surface area contributed by atoms with Gasteiger partial charge >= 0.3 is 0 Å². The van der Waals surface area contributed by atoms with Crippen molar-refractivity contribution in [3.05, 3.63) is 5.82 Å². The average Bonchev–Trinajstić information content (AvgIpc) is 2.75. The molecule has 0 aliphatic carbocycles. The Labute approximate surface area is 113 Å². The van der Waals surface area contributed by atoms with Crippen LogP contribution in [-0.4, -0.2) is 44.4 Å². The highest BCUT2D eigenvalue weighted by Crippen LogP contribution is 2.17. The van der Waals surface area contributed by atoms with Crippen LogP contribution >= 0.6 is 0 Å². The first-order chi connectivity index (χ1) is 8.85. The number of aliphatic hydroxyl groups excluding tert-OH is 1. The summed E-state index contributed by atoms with van der Waals surface area (Å²) in [6.45, 7) is 8.71. The molecule has 0 unspecified atom stereocenters. The number of rotatable bonds is 7. The normalized spacial score (nSPS) is 11.9. The number of carbonyl (C=O) groups excluding carboxylic acids is 1. The molecule has 7 nitrogen and oxygen atoms in total. The molecule has 0 aliphatic heterocycles. The molecule has 0 atom stereocenters. The fourth-order valence-electron chi connectivity index (χ4n) is 1.66. The van der Waals surface area contributed by atoms with Crippen molar-refractivity contribution in [1.82, 2.24) is 25.5 Å². The van der Waals surface area contributed by atoms with Crippen LogP contribution in [0.3, 0.4) is 0 Å². The maximum atomic E-state index is 11.8. The minimum Gasteiger partial charge on any atom is -0.396 e. The highest BCUT2D eigenvalue weighted by atomic mass is 16.3. The van der Waals surface area contributed by atoms with E-state index < -0.39 is 0 Å². The van der Waals surface area contributed by atoms with Crippen LogP contribution in [0.5, 0.6) is 0 Å². The molecule has 1 aromatic rings. The molecule has 2 N–H and O–H groups in total. The maximum Gasteiger partial charge on any atom is 0.241 e. The summed E-state index contributed by atoms with van der Waals surface area (Å²) in [4.78, 5) is 11.8. The van der Waals surface area contributed by atoms with E-state index in [0.717, 1.165) is 0 Å². The van der Waals surface area contributed by atoms with E-state index in [1.54, 1.807) is 0 Å². The molecule has 0 saturated carbocycles. The number of tetrazole rings is 1. The lowest BCUT2D eigenvalue weighted by atomic mass is 9.90. The van der Waals surface area contributed by atoms with Crippen molar-refractivity contribution in [2.75, 3.05) is 13.2 Å². The summed E-state index contributed by atoms with van der Waals surface area (Å²) < 4.78 is 1.51. The SMILES string of the molecule is CC(C)c1nnnn1CC(=O)NCC(C)(C)CCO. The Morgan fingerprint density at radius 3 is 2.74 bits per heavy atom. The molecule has 1 amide bonds. The van der Waals surface area contributed by atoms with Gasteiger partial charge in [-0.2, -0.15) is 0 Å². The summed E-state index contributed by atoms with van der Waals surface area (Å²) in [5.74, 6) is 0.749. The molecule has 1 heterocycles. The number of carbonyl (C=O) groups is 1. The predicted molar refractivity (Wildman–Crippen MR) is 70.4 cm³/mol. The summed E-state index contributed by atoms with van der Waals surface area (Å²) >= 11 is 0. The van der Waals surface area contributed by atoms with Gasteiger partial charge in [0.15, 0.2) is 5.82 Å². The molecule has 0 fully saturated rings. The summed E-state index contributed by atoms with van der Waals surface area (Å²) in [6.07, 6.45) is 0.648. The topological polar surface area (TPSA) is 92.9 Å². The molecule has 7 heteroatoms. The van der Waals surface area contributed by atoms with Gasteiger partial charge in [0.1, 0.15) is 6.54 Å². The zero-order valence-electron chi connectivity index (χ0n) is 12.1. The van der Waals surface area contributed by atoms with Crippen LogP contribution in [0.1, 0.15) is 45.9 Å². The Hall–Kier alpha value is -1.50. The van der Waals surface area contributed by atoms with Gasteiger partial charge in [0.2, 0.25) is 5.91 Å². The van der Waals surface area contributed by atoms with Crippen molar-refractivity contribution in [1.29, 1.82) is 0 Å². The highest BCUT2D eigenvalue weighted by molar-refractivity contribution is 5.75. The van der Waals surface area contributed by atoms with Crippen molar-refractivity contribution in [3.63, 3.8) is 0 Å². The van der Waals surface area contributed by atoms with Gasteiger partial charge in [-0.15, -0.1) is 5.10 Å². The van der Waals surface area contributed by atoms with E-state index in [2.05, 4.69) is 20.8 Å². The standard InChI is InChI=1S/C12H23N5O2/c1-9(2)11-14-15-16-17(11)7-10(19)13-8-12(3,4)5-6-18/h9,18H,5-8H2,1-4H3,(H,13,19). The van der Waals surface area contributed by atoms with Crippen molar-refractivity contribution in [2.24, 2.45) is 5.41 Å². The summed E-state index contributed by atoms with van der Waals surface area (Å²) in [5, 5.41) is 23.1. The number of aromatic nitrogens is 4. The number of hydrogen-bond donors (Lipinski definition) is 2. The smallest absolute Gasteiger partial charge is 0.241 e. The van der Waals surface area contributed by atoms with E-state index in [0.29, 0.717) is 18.8 Å². The van der Waals surface area contributed by atoms with E-state index in [1.807, 2.05) is 27.7 Å². The van der Waals surface area contributed by atoms with Gasteiger partial charge in [0.25, 0.3) is 0 Å². The Bertz CT molecular complexity index is 414.